The van der Waals surface area contributed by atoms with Crippen molar-refractivity contribution in [3.05, 3.63) is 82.9 Å². The lowest BCUT2D eigenvalue weighted by Crippen LogP contribution is -2.40. The number of hydrogen-bond donors (Lipinski definition) is 4. The second kappa shape index (κ2) is 10.9. The first kappa shape index (κ1) is 29.1. The number of hydrogen-bond acceptors (Lipinski definition) is 4. The molecule has 6 nitrogen and oxygen atoms in total. The summed E-state index contributed by atoms with van der Waals surface area (Å²) in [7, 11) is 0. The third-order valence-electron chi connectivity index (χ3n) is 6.68. The van der Waals surface area contributed by atoms with Crippen LogP contribution in [0, 0.1) is 0 Å². The molecule has 2 amide bonds. The molecule has 0 fully saturated rings. The molecule has 3 atom stereocenters. The van der Waals surface area contributed by atoms with E-state index in [4.69, 9.17) is 0 Å². The van der Waals surface area contributed by atoms with Crippen LogP contribution < -0.4 is 16.0 Å². The van der Waals surface area contributed by atoms with Crippen molar-refractivity contribution in [1.82, 2.24) is 5.32 Å². The summed E-state index contributed by atoms with van der Waals surface area (Å²) in [5.74, 6) is -1.26. The molecule has 0 saturated carbocycles. The van der Waals surface area contributed by atoms with Crippen LogP contribution >= 0.6 is 0 Å². The van der Waals surface area contributed by atoms with Crippen LogP contribution in [-0.4, -0.2) is 29.5 Å². The van der Waals surface area contributed by atoms with Crippen LogP contribution in [-0.2, 0) is 21.9 Å². The van der Waals surface area contributed by atoms with E-state index in [0.717, 1.165) is 11.1 Å². The normalized spacial score (nSPS) is 16.7. The minimum Gasteiger partial charge on any atom is -0.387 e. The van der Waals surface area contributed by atoms with Crippen molar-refractivity contribution >= 4 is 23.2 Å². The highest BCUT2D eigenvalue weighted by atomic mass is 19.4. The number of carbonyl (C=O) groups is 2. The van der Waals surface area contributed by atoms with Gasteiger partial charge in [-0.15, -0.1) is 0 Å². The zero-order valence-electron chi connectivity index (χ0n) is 21.2. The van der Waals surface area contributed by atoms with Crippen molar-refractivity contribution in [1.29, 1.82) is 0 Å². The Hall–Kier alpha value is -3.90. The third kappa shape index (κ3) is 6.13. The zero-order chi connectivity index (χ0) is 29.4. The largest absolute Gasteiger partial charge is 0.416 e. The maximum absolute atomic E-state index is 13.2. The van der Waals surface area contributed by atoms with Gasteiger partial charge in [-0.2, -0.15) is 26.3 Å². The molecule has 4 rings (SSSR count). The van der Waals surface area contributed by atoms with Crippen molar-refractivity contribution < 1.29 is 41.0 Å². The fraction of sp³-hybridized carbons (Fsp3) is 0.286. The number of aliphatic hydroxyl groups is 1. The van der Waals surface area contributed by atoms with Crippen molar-refractivity contribution in [3.8, 4) is 11.1 Å². The monoisotopic (exact) mass is 565 g/mol. The fourth-order valence-electron chi connectivity index (χ4n) is 4.45. The van der Waals surface area contributed by atoms with E-state index in [1.165, 1.54) is 6.92 Å². The summed E-state index contributed by atoms with van der Waals surface area (Å²) >= 11 is 0. The summed E-state index contributed by atoms with van der Waals surface area (Å²) < 4.78 is 79.0. The fourth-order valence-corrected chi connectivity index (χ4v) is 4.45. The number of benzene rings is 3. The van der Waals surface area contributed by atoms with Crippen molar-refractivity contribution in [2.24, 2.45) is 0 Å². The second-order valence-electron chi connectivity index (χ2n) is 9.50. The van der Waals surface area contributed by atoms with Gasteiger partial charge in [0, 0.05) is 12.1 Å². The molecule has 0 bridgehead atoms. The summed E-state index contributed by atoms with van der Waals surface area (Å²) in [6.07, 6.45) is -11.9. The zero-order valence-corrected chi connectivity index (χ0v) is 21.2. The number of carbonyl (C=O) groups excluding carboxylic acids is 2. The molecule has 0 radical (unpaired) electrons. The van der Waals surface area contributed by atoms with Gasteiger partial charge in [-0.3, -0.25) is 9.59 Å². The van der Waals surface area contributed by atoms with E-state index in [2.05, 4.69) is 16.0 Å². The lowest BCUT2D eigenvalue weighted by molar-refractivity contribution is -0.143. The number of amides is 2. The van der Waals surface area contributed by atoms with E-state index >= 15 is 0 Å². The summed E-state index contributed by atoms with van der Waals surface area (Å²) in [6.45, 7) is 2.68. The summed E-state index contributed by atoms with van der Waals surface area (Å²) in [5, 5.41) is 18.7. The Morgan fingerprint density at radius 2 is 1.60 bits per heavy atom. The van der Waals surface area contributed by atoms with Crippen molar-refractivity contribution in [3.63, 3.8) is 0 Å². The Kier molecular flexibility index (Phi) is 7.95. The standard InChI is InChI=1S/C28H25F6N3O3/c1-14-19-6-3-4-7-20(19)24-21(36-25(14)39)8-5-9-22(24)37-26(40)15(2)35-13-23(38)16-10-17(27(29,30)31)12-18(11-16)28(32,33)34/h3-12,14-15,23,35,38H,13H2,1-2H3,(H,36,39)(H,37,40)/t14?,15-,23-/m0/s1. The summed E-state index contributed by atoms with van der Waals surface area (Å²) in [6, 6.07) is 12.1. The first-order valence-corrected chi connectivity index (χ1v) is 12.2. The van der Waals surface area contributed by atoms with Crippen molar-refractivity contribution in [2.75, 3.05) is 17.2 Å². The Morgan fingerprint density at radius 1 is 0.975 bits per heavy atom. The van der Waals surface area contributed by atoms with Gasteiger partial charge in [0.15, 0.2) is 0 Å². The summed E-state index contributed by atoms with van der Waals surface area (Å²) in [5.41, 5.74) is -0.749. The maximum Gasteiger partial charge on any atom is 0.416 e. The van der Waals surface area contributed by atoms with E-state index in [1.807, 2.05) is 12.1 Å². The highest BCUT2D eigenvalue weighted by Crippen LogP contribution is 2.42. The minimum atomic E-state index is -5.06. The number of alkyl halides is 6. The van der Waals surface area contributed by atoms with Crippen LogP contribution in [0.25, 0.3) is 11.1 Å². The maximum atomic E-state index is 13.2. The van der Waals surface area contributed by atoms with Gasteiger partial charge in [0.2, 0.25) is 11.8 Å². The Bertz CT molecular complexity index is 1410. The number of aliphatic hydroxyl groups excluding tert-OH is 1. The predicted molar refractivity (Wildman–Crippen MR) is 136 cm³/mol. The van der Waals surface area contributed by atoms with E-state index in [9.17, 15) is 41.0 Å². The number of nitrogens with one attached hydrogen (secondary N) is 3. The molecule has 1 aliphatic heterocycles. The van der Waals surface area contributed by atoms with Gasteiger partial charge in [0.25, 0.3) is 0 Å². The van der Waals surface area contributed by atoms with Gasteiger partial charge in [-0.25, -0.2) is 0 Å². The highest BCUT2D eigenvalue weighted by Gasteiger charge is 2.37. The summed E-state index contributed by atoms with van der Waals surface area (Å²) in [4.78, 5) is 25.6. The van der Waals surface area contributed by atoms with E-state index in [0.29, 0.717) is 29.1 Å². The molecule has 212 valence electrons. The Labute approximate surface area is 225 Å². The van der Waals surface area contributed by atoms with Gasteiger partial charge in [-0.05, 0) is 60.9 Å². The molecule has 4 N–H and O–H groups in total. The minimum absolute atomic E-state index is 0.0240. The number of rotatable bonds is 6. The molecule has 1 heterocycles. The first-order chi connectivity index (χ1) is 18.7. The Morgan fingerprint density at radius 3 is 2.23 bits per heavy atom. The topological polar surface area (TPSA) is 90.5 Å². The van der Waals surface area contributed by atoms with Crippen LogP contribution in [0.3, 0.4) is 0 Å². The van der Waals surface area contributed by atoms with Crippen LogP contribution in [0.15, 0.2) is 60.7 Å². The molecule has 1 unspecified atom stereocenters. The van der Waals surface area contributed by atoms with E-state index in [-0.39, 0.29) is 12.0 Å². The van der Waals surface area contributed by atoms with E-state index < -0.39 is 59.6 Å². The average molecular weight is 566 g/mol. The number of halogens is 6. The molecule has 0 saturated heterocycles. The number of anilines is 2. The van der Waals surface area contributed by atoms with Gasteiger partial charge < -0.3 is 21.1 Å². The van der Waals surface area contributed by atoms with Crippen LogP contribution in [0.4, 0.5) is 37.7 Å². The van der Waals surface area contributed by atoms with E-state index in [1.54, 1.807) is 37.3 Å². The van der Waals surface area contributed by atoms with Gasteiger partial charge in [0.1, 0.15) is 0 Å². The smallest absolute Gasteiger partial charge is 0.387 e. The third-order valence-corrected chi connectivity index (χ3v) is 6.68. The molecule has 12 heteroatoms. The highest BCUT2D eigenvalue weighted by molar-refractivity contribution is 6.08. The van der Waals surface area contributed by atoms with Gasteiger partial charge >= 0.3 is 12.4 Å². The van der Waals surface area contributed by atoms with Gasteiger partial charge in [0.05, 0.1) is 40.6 Å². The second-order valence-corrected chi connectivity index (χ2v) is 9.50. The SMILES string of the molecule is CC1C(=O)Nc2cccc(NC(=O)[C@H](C)NC[C@H](O)c3cc(C(F)(F)F)cc(C(F)(F)F)c3)c2-c2ccccc21. The predicted octanol–water partition coefficient (Wildman–Crippen LogP) is 6.10. The molecule has 3 aromatic rings. The number of fused-ring (bicyclic) bond motifs is 3. The average Bonchev–Trinajstić information content (AvgIpc) is 3.00. The van der Waals surface area contributed by atoms with Crippen LogP contribution in [0.5, 0.6) is 0 Å². The molecule has 1 aliphatic rings. The quantitative estimate of drug-likeness (QED) is 0.272. The molecule has 3 aromatic carbocycles. The van der Waals surface area contributed by atoms with Crippen molar-refractivity contribution in [2.45, 2.75) is 44.3 Å². The lowest BCUT2D eigenvalue weighted by atomic mass is 9.91. The molecule has 0 aliphatic carbocycles. The lowest BCUT2D eigenvalue weighted by Gasteiger charge is -2.21. The molecular formula is C28H25F6N3O3. The molecule has 0 aromatic heterocycles. The van der Waals surface area contributed by atoms with Crippen LogP contribution in [0.1, 0.15) is 48.1 Å². The van der Waals surface area contributed by atoms with Gasteiger partial charge in [-0.1, -0.05) is 30.3 Å². The molecular weight excluding hydrogens is 540 g/mol. The molecule has 40 heavy (non-hydrogen) atoms. The Balaban J connectivity index is 1.52. The molecule has 0 spiro atoms. The first-order valence-electron chi connectivity index (χ1n) is 12.2. The van der Waals surface area contributed by atoms with Crippen LogP contribution in [0.2, 0.25) is 0 Å².